The van der Waals surface area contributed by atoms with Gasteiger partial charge in [0, 0.05) is 73.5 Å². The Kier molecular flexibility index (Phi) is 9.90. The van der Waals surface area contributed by atoms with Gasteiger partial charge >= 0.3 is 0 Å². The number of aromatic nitrogens is 1. The Morgan fingerprint density at radius 2 is 1.93 bits per heavy atom. The molecule has 0 aliphatic carbocycles. The van der Waals surface area contributed by atoms with E-state index in [0.29, 0.717) is 60.8 Å². The lowest BCUT2D eigenvalue weighted by Crippen LogP contribution is -2.60. The Balaban J connectivity index is 1.03. The topological polar surface area (TPSA) is 122 Å². The molecule has 1 aromatic heterocycles. The highest BCUT2D eigenvalue weighted by atomic mass is 19.1. The molecule has 3 aromatic rings. The average Bonchev–Trinajstić information content (AvgIpc) is 3.77. The van der Waals surface area contributed by atoms with Crippen LogP contribution in [0.4, 0.5) is 14.6 Å². The molecule has 55 heavy (non-hydrogen) atoms. The summed E-state index contributed by atoms with van der Waals surface area (Å²) in [6.45, 7) is 13.8. The minimum absolute atomic E-state index is 0.0338. The van der Waals surface area contributed by atoms with E-state index in [4.69, 9.17) is 15.9 Å². The van der Waals surface area contributed by atoms with E-state index in [1.54, 1.807) is 6.21 Å². The molecule has 286 valence electrons. The van der Waals surface area contributed by atoms with Crippen LogP contribution in [0.15, 0.2) is 67.1 Å². The van der Waals surface area contributed by atoms with E-state index in [-0.39, 0.29) is 50.9 Å². The van der Waals surface area contributed by atoms with Crippen molar-refractivity contribution in [2.45, 2.75) is 57.5 Å². The lowest BCUT2D eigenvalue weighted by molar-refractivity contribution is -0.110. The zero-order valence-electron chi connectivity index (χ0n) is 31.3. The number of phenolic OH excluding ortho intramolecular Hbond substituents is 1. The molecule has 0 amide bonds. The van der Waals surface area contributed by atoms with Gasteiger partial charge in [-0.15, -0.1) is 6.42 Å². The Labute approximate surface area is 319 Å². The summed E-state index contributed by atoms with van der Waals surface area (Å²) in [6, 6.07) is 8.08. The van der Waals surface area contributed by atoms with Crippen molar-refractivity contribution in [3.8, 4) is 18.1 Å². The lowest BCUT2D eigenvalue weighted by Gasteiger charge is -2.54. The number of nitrogens with zero attached hydrogens (tertiary/aromatic N) is 7. The zero-order valence-corrected chi connectivity index (χ0v) is 31.3. The molecule has 6 heterocycles. The molecular weight excluding hydrogens is 703 g/mol. The molecule has 2 aromatic carbocycles. The van der Waals surface area contributed by atoms with Gasteiger partial charge in [0.2, 0.25) is 0 Å². The van der Waals surface area contributed by atoms with Crippen molar-refractivity contribution < 1.29 is 23.2 Å². The van der Waals surface area contributed by atoms with Gasteiger partial charge in [0.25, 0.3) is 0 Å². The number of rotatable bonds is 10. The number of aliphatic imine (C=N–C) groups is 3. The molecule has 3 unspecified atom stereocenters. The summed E-state index contributed by atoms with van der Waals surface area (Å²) in [5.74, 6) is 2.69. The van der Waals surface area contributed by atoms with Crippen LogP contribution in [0.25, 0.3) is 16.5 Å². The number of anilines is 1. The van der Waals surface area contributed by atoms with E-state index >= 15 is 4.39 Å². The Morgan fingerprint density at radius 3 is 2.60 bits per heavy atom. The largest absolute Gasteiger partial charge is 0.508 e. The number of halogens is 2. The number of nitrogens with one attached hydrogen (secondary N) is 1. The van der Waals surface area contributed by atoms with Crippen LogP contribution in [-0.4, -0.2) is 109 Å². The van der Waals surface area contributed by atoms with Crippen LogP contribution in [-0.2, 0) is 4.79 Å². The maximum atomic E-state index is 17.1. The van der Waals surface area contributed by atoms with Crippen molar-refractivity contribution in [2.24, 2.45) is 26.3 Å². The fourth-order valence-electron chi connectivity index (χ4n) is 9.00. The fraction of sp³-hybridized carbons (Fsp3) is 0.452. The van der Waals surface area contributed by atoms with Gasteiger partial charge in [-0.05, 0) is 75.0 Å². The van der Waals surface area contributed by atoms with Gasteiger partial charge in [0.1, 0.15) is 40.8 Å². The number of aromatic hydroxyl groups is 1. The summed E-state index contributed by atoms with van der Waals surface area (Å²) in [5, 5.41) is 19.3. The number of aldehydes is 1. The van der Waals surface area contributed by atoms with E-state index in [1.807, 2.05) is 19.9 Å². The molecule has 0 saturated carbocycles. The number of piperidine rings is 1. The highest BCUT2D eigenvalue weighted by Crippen LogP contribution is 2.43. The number of benzene rings is 2. The molecule has 5 aliphatic heterocycles. The molecule has 3 atom stereocenters. The second-order valence-corrected chi connectivity index (χ2v) is 15.9. The number of carbonyl (C=O) groups excluding carboxylic acids is 1. The van der Waals surface area contributed by atoms with Crippen molar-refractivity contribution in [1.29, 1.82) is 0 Å². The van der Waals surface area contributed by atoms with Crippen LogP contribution in [0.3, 0.4) is 0 Å². The van der Waals surface area contributed by atoms with Crippen molar-refractivity contribution in [3.05, 3.63) is 70.3 Å². The van der Waals surface area contributed by atoms with E-state index in [2.05, 4.69) is 47.8 Å². The van der Waals surface area contributed by atoms with Crippen LogP contribution >= 0.6 is 0 Å². The number of carbonyl (C=O) groups is 1. The summed E-state index contributed by atoms with van der Waals surface area (Å²) in [7, 11) is 0. The third-order valence-corrected chi connectivity index (χ3v) is 12.0. The number of likely N-dealkylation sites (tertiary alicyclic amines) is 2. The summed E-state index contributed by atoms with van der Waals surface area (Å²) >= 11 is 0. The van der Waals surface area contributed by atoms with Crippen molar-refractivity contribution in [2.75, 3.05) is 57.3 Å². The SMILES string of the molecule is C#Cc1c(F)ccc2cc(O)cc(C3=C(F)C(=NCCN4CCC5(CC4)CN(c4cc(C(C=O)C(C)C)on4)C5)/C(=C(\N=C)N4CC5CCC(C4)N5)C=N3)c12. The molecule has 2 bridgehead atoms. The van der Waals surface area contributed by atoms with Crippen molar-refractivity contribution in [1.82, 2.24) is 20.3 Å². The van der Waals surface area contributed by atoms with E-state index < -0.39 is 11.6 Å². The number of fused-ring (bicyclic) bond motifs is 3. The number of allylic oxidation sites excluding steroid dienone is 2. The monoisotopic (exact) mass is 748 g/mol. The molecule has 0 radical (unpaired) electrons. The predicted molar refractivity (Wildman–Crippen MR) is 211 cm³/mol. The van der Waals surface area contributed by atoms with Crippen molar-refractivity contribution >= 4 is 47.2 Å². The highest BCUT2D eigenvalue weighted by molar-refractivity contribution is 6.29. The van der Waals surface area contributed by atoms with Gasteiger partial charge in [0.05, 0.1) is 23.6 Å². The average molecular weight is 749 g/mol. The quantitative estimate of drug-likeness (QED) is 0.154. The van der Waals surface area contributed by atoms with Crippen molar-refractivity contribution in [3.63, 3.8) is 0 Å². The molecule has 4 fully saturated rings. The third-order valence-electron chi connectivity index (χ3n) is 12.0. The molecule has 4 saturated heterocycles. The Morgan fingerprint density at radius 1 is 1.18 bits per heavy atom. The molecule has 11 nitrogen and oxygen atoms in total. The van der Waals surface area contributed by atoms with E-state index in [1.165, 1.54) is 24.3 Å². The first kappa shape index (κ1) is 36.8. The standard InChI is InChI=1S/C42H46F2N8O3/c1-5-30-34(43)9-6-26-16-29(54)17-31(37(26)30)39-38(44)40(32(19-47-39)41(45-4)51-20-27-7-8-28(21-51)48-27)46-12-15-50-13-10-42(11-14-50)23-52(24-42)36-18-35(55-49-36)33(22-53)25(2)3/h1,6,9,16-19,22,25,27-28,33,48,54H,4,7-8,10-15,20-21,23-24H2,2-3H3/b41-32+,46-40?. The summed E-state index contributed by atoms with van der Waals surface area (Å²) in [4.78, 5) is 32.2. The number of phenols is 1. The Bertz CT molecular complexity index is 2170. The molecule has 8 rings (SSSR count). The van der Waals surface area contributed by atoms with E-state index in [0.717, 1.165) is 64.0 Å². The first-order valence-corrected chi connectivity index (χ1v) is 19.1. The second-order valence-electron chi connectivity index (χ2n) is 15.9. The summed E-state index contributed by atoms with van der Waals surface area (Å²) in [5.41, 5.74) is 0.774. The first-order chi connectivity index (χ1) is 26.6. The molecule has 1 spiro atoms. The first-order valence-electron chi connectivity index (χ1n) is 19.1. The van der Waals surface area contributed by atoms with Gasteiger partial charge in [-0.3, -0.25) is 9.98 Å². The van der Waals surface area contributed by atoms with Gasteiger partial charge in [-0.1, -0.05) is 31.0 Å². The number of terminal acetylenes is 1. The maximum absolute atomic E-state index is 17.1. The fourth-order valence-corrected chi connectivity index (χ4v) is 9.00. The minimum Gasteiger partial charge on any atom is -0.508 e. The van der Waals surface area contributed by atoms with Crippen LogP contribution in [0.2, 0.25) is 0 Å². The van der Waals surface area contributed by atoms with Gasteiger partial charge in [-0.25, -0.2) is 13.8 Å². The number of hydrogen-bond acceptors (Lipinski definition) is 11. The maximum Gasteiger partial charge on any atom is 0.175 e. The van der Waals surface area contributed by atoms with Gasteiger partial charge in [0.15, 0.2) is 11.6 Å². The highest BCUT2D eigenvalue weighted by Gasteiger charge is 2.46. The van der Waals surface area contributed by atoms with E-state index in [9.17, 15) is 14.3 Å². The van der Waals surface area contributed by atoms with Crippen LogP contribution in [0, 0.1) is 29.5 Å². The smallest absolute Gasteiger partial charge is 0.175 e. The summed E-state index contributed by atoms with van der Waals surface area (Å²) in [6.07, 6.45) is 12.4. The molecular formula is C42H46F2N8O3. The molecule has 2 N–H and O–H groups in total. The normalized spacial score (nSPS) is 24.5. The van der Waals surface area contributed by atoms with Crippen LogP contribution in [0.1, 0.15) is 62.3 Å². The third kappa shape index (κ3) is 6.87. The zero-order chi connectivity index (χ0) is 38.4. The van der Waals surface area contributed by atoms with Gasteiger partial charge in [-0.2, -0.15) is 0 Å². The second kappa shape index (κ2) is 14.8. The van der Waals surface area contributed by atoms with Crippen LogP contribution < -0.4 is 10.2 Å². The molecule has 13 heteroatoms. The lowest BCUT2D eigenvalue weighted by atomic mass is 9.72. The number of hydrogen-bond donors (Lipinski definition) is 2. The minimum atomic E-state index is -0.702. The molecule has 5 aliphatic rings. The predicted octanol–water partition coefficient (Wildman–Crippen LogP) is 5.71. The number of piperazine rings is 1. The Hall–Kier alpha value is -5.19. The van der Waals surface area contributed by atoms with Gasteiger partial charge < -0.3 is 34.4 Å². The van der Waals surface area contributed by atoms with Crippen LogP contribution in [0.5, 0.6) is 5.75 Å². The summed E-state index contributed by atoms with van der Waals surface area (Å²) < 4.78 is 37.6.